The van der Waals surface area contributed by atoms with Crippen LogP contribution in [0.25, 0.3) is 0 Å². The average Bonchev–Trinajstić information content (AvgIpc) is 2.83. The van der Waals surface area contributed by atoms with Crippen molar-refractivity contribution in [3.05, 3.63) is 23.8 Å². The first-order valence-electron chi connectivity index (χ1n) is 6.41. The second-order valence-electron chi connectivity index (χ2n) is 4.41. The van der Waals surface area contributed by atoms with Gasteiger partial charge in [-0.2, -0.15) is 0 Å². The van der Waals surface area contributed by atoms with E-state index >= 15 is 0 Å². The first-order valence-corrected chi connectivity index (χ1v) is 6.84. The molecule has 1 aliphatic heterocycles. The minimum Gasteiger partial charge on any atom is -0.454 e. The summed E-state index contributed by atoms with van der Waals surface area (Å²) in [4.78, 5) is 11.7. The molecule has 1 atom stereocenters. The van der Waals surface area contributed by atoms with Crippen LogP contribution in [0, 0.1) is 0 Å². The van der Waals surface area contributed by atoms with Gasteiger partial charge in [-0.15, -0.1) is 0 Å². The topological polar surface area (TPSA) is 44.8 Å². The van der Waals surface area contributed by atoms with Crippen molar-refractivity contribution in [1.82, 2.24) is 0 Å². The van der Waals surface area contributed by atoms with E-state index in [1.54, 1.807) is 12.1 Å². The number of rotatable bonds is 6. The van der Waals surface area contributed by atoms with Crippen LogP contribution in [-0.2, 0) is 16.0 Å². The van der Waals surface area contributed by atoms with Crippen LogP contribution in [0.3, 0.4) is 0 Å². The van der Waals surface area contributed by atoms with Crippen LogP contribution in [0.4, 0.5) is 0 Å². The van der Waals surface area contributed by atoms with Gasteiger partial charge in [-0.1, -0.05) is 31.0 Å². The van der Waals surface area contributed by atoms with Gasteiger partial charge in [-0.05, 0) is 30.5 Å². The molecule has 1 unspecified atom stereocenters. The standard InChI is InChI=1S/C14H17ClO4/c1-2-3-4-13(15)19-14(16)8-10-5-6-11-12(7-10)18-9-17-11/h5-7,13H,2-4,8-9H2,1H3. The molecular formula is C14H17ClO4. The lowest BCUT2D eigenvalue weighted by Crippen LogP contribution is -2.14. The molecular weight excluding hydrogens is 268 g/mol. The van der Waals surface area contributed by atoms with Crippen LogP contribution in [0.5, 0.6) is 11.5 Å². The molecule has 2 rings (SSSR count). The molecule has 0 aromatic heterocycles. The Hall–Kier alpha value is -1.42. The Morgan fingerprint density at radius 1 is 1.42 bits per heavy atom. The SMILES string of the molecule is CCCCC(Cl)OC(=O)Cc1ccc2c(c1)OCO2. The van der Waals surface area contributed by atoms with E-state index in [1.807, 2.05) is 6.07 Å². The van der Waals surface area contributed by atoms with E-state index in [2.05, 4.69) is 6.92 Å². The van der Waals surface area contributed by atoms with Crippen LogP contribution in [0.2, 0.25) is 0 Å². The zero-order valence-corrected chi connectivity index (χ0v) is 11.6. The highest BCUT2D eigenvalue weighted by atomic mass is 35.5. The summed E-state index contributed by atoms with van der Waals surface area (Å²) in [5.41, 5.74) is 0.287. The quantitative estimate of drug-likeness (QED) is 0.594. The van der Waals surface area contributed by atoms with E-state index in [0.717, 1.165) is 18.4 Å². The summed E-state index contributed by atoms with van der Waals surface area (Å²) in [6.07, 6.45) is 2.85. The molecule has 0 bridgehead atoms. The minimum atomic E-state index is -0.540. The van der Waals surface area contributed by atoms with Crippen molar-refractivity contribution < 1.29 is 19.0 Å². The Morgan fingerprint density at radius 2 is 2.21 bits per heavy atom. The Bertz CT molecular complexity index is 447. The molecule has 104 valence electrons. The van der Waals surface area contributed by atoms with Gasteiger partial charge in [0.15, 0.2) is 17.1 Å². The van der Waals surface area contributed by atoms with E-state index in [1.165, 1.54) is 0 Å². The second-order valence-corrected chi connectivity index (χ2v) is 4.89. The Kier molecular flexibility index (Phi) is 4.91. The predicted molar refractivity (Wildman–Crippen MR) is 71.5 cm³/mol. The number of carbonyl (C=O) groups excluding carboxylic acids is 1. The molecule has 1 aliphatic rings. The molecule has 19 heavy (non-hydrogen) atoms. The first-order chi connectivity index (χ1) is 9.19. The minimum absolute atomic E-state index is 0.186. The van der Waals surface area contributed by atoms with E-state index in [-0.39, 0.29) is 19.2 Å². The highest BCUT2D eigenvalue weighted by molar-refractivity contribution is 6.20. The number of fused-ring (bicyclic) bond motifs is 1. The third-order valence-corrected chi connectivity index (χ3v) is 3.14. The van der Waals surface area contributed by atoms with Crippen molar-refractivity contribution in [2.45, 2.75) is 38.2 Å². The molecule has 0 amide bonds. The fraction of sp³-hybridized carbons (Fsp3) is 0.500. The number of unbranched alkanes of at least 4 members (excludes halogenated alkanes) is 1. The number of hydrogen-bond acceptors (Lipinski definition) is 4. The highest BCUT2D eigenvalue weighted by Crippen LogP contribution is 2.32. The first kappa shape index (κ1) is 14.0. The van der Waals surface area contributed by atoms with Crippen LogP contribution in [0.1, 0.15) is 31.7 Å². The number of halogens is 1. The smallest absolute Gasteiger partial charge is 0.311 e. The van der Waals surface area contributed by atoms with Crippen LogP contribution < -0.4 is 9.47 Å². The van der Waals surface area contributed by atoms with Gasteiger partial charge in [0.25, 0.3) is 0 Å². The van der Waals surface area contributed by atoms with Crippen molar-refractivity contribution in [3.63, 3.8) is 0 Å². The number of ether oxygens (including phenoxy) is 3. The van der Waals surface area contributed by atoms with Gasteiger partial charge in [0, 0.05) is 0 Å². The van der Waals surface area contributed by atoms with Crippen molar-refractivity contribution in [2.24, 2.45) is 0 Å². The maximum absolute atomic E-state index is 11.7. The van der Waals surface area contributed by atoms with Gasteiger partial charge in [-0.25, -0.2) is 0 Å². The summed E-state index contributed by atoms with van der Waals surface area (Å²) in [6, 6.07) is 5.41. The van der Waals surface area contributed by atoms with Crippen molar-refractivity contribution in [2.75, 3.05) is 6.79 Å². The molecule has 4 nitrogen and oxygen atoms in total. The van der Waals surface area contributed by atoms with E-state index in [9.17, 15) is 4.79 Å². The Labute approximate surface area is 117 Å². The monoisotopic (exact) mass is 284 g/mol. The lowest BCUT2D eigenvalue weighted by molar-refractivity contribution is -0.144. The van der Waals surface area contributed by atoms with Gasteiger partial charge in [0.05, 0.1) is 6.42 Å². The van der Waals surface area contributed by atoms with Gasteiger partial charge in [0.2, 0.25) is 6.79 Å². The summed E-state index contributed by atoms with van der Waals surface area (Å²) in [7, 11) is 0. The Morgan fingerprint density at radius 3 is 3.00 bits per heavy atom. The van der Waals surface area contributed by atoms with Gasteiger partial charge >= 0.3 is 5.97 Å². The van der Waals surface area contributed by atoms with Crippen molar-refractivity contribution in [3.8, 4) is 11.5 Å². The average molecular weight is 285 g/mol. The van der Waals surface area contributed by atoms with Crippen molar-refractivity contribution in [1.29, 1.82) is 0 Å². The van der Waals surface area contributed by atoms with E-state index < -0.39 is 5.56 Å². The molecule has 1 aromatic rings. The fourth-order valence-corrected chi connectivity index (χ4v) is 2.08. The third kappa shape index (κ3) is 4.03. The molecule has 0 saturated carbocycles. The van der Waals surface area contributed by atoms with Gasteiger partial charge < -0.3 is 14.2 Å². The van der Waals surface area contributed by atoms with Crippen LogP contribution in [0.15, 0.2) is 18.2 Å². The molecule has 0 aliphatic carbocycles. The maximum atomic E-state index is 11.7. The normalized spacial score (nSPS) is 14.2. The summed E-state index contributed by atoms with van der Waals surface area (Å²) >= 11 is 5.93. The van der Waals surface area contributed by atoms with Gasteiger partial charge in [0.1, 0.15) is 0 Å². The number of hydrogen-bond donors (Lipinski definition) is 0. The molecule has 1 heterocycles. The van der Waals surface area contributed by atoms with E-state index in [4.69, 9.17) is 25.8 Å². The molecule has 0 radical (unpaired) electrons. The second kappa shape index (κ2) is 6.66. The molecule has 1 aromatic carbocycles. The van der Waals surface area contributed by atoms with Crippen molar-refractivity contribution >= 4 is 17.6 Å². The zero-order chi connectivity index (χ0) is 13.7. The number of carbonyl (C=O) groups is 1. The molecule has 0 fully saturated rings. The lowest BCUT2D eigenvalue weighted by atomic mass is 10.1. The maximum Gasteiger partial charge on any atom is 0.311 e. The summed E-state index contributed by atoms with van der Waals surface area (Å²) in [6.45, 7) is 2.29. The zero-order valence-electron chi connectivity index (χ0n) is 10.9. The molecule has 0 N–H and O–H groups in total. The number of alkyl halides is 1. The fourth-order valence-electron chi connectivity index (χ4n) is 1.83. The largest absolute Gasteiger partial charge is 0.454 e. The highest BCUT2D eigenvalue weighted by Gasteiger charge is 2.16. The van der Waals surface area contributed by atoms with Gasteiger partial charge in [-0.3, -0.25) is 4.79 Å². The summed E-state index contributed by atoms with van der Waals surface area (Å²) in [5.74, 6) is 1.05. The lowest BCUT2D eigenvalue weighted by Gasteiger charge is -2.10. The predicted octanol–water partition coefficient (Wildman–Crippen LogP) is 3.26. The molecule has 0 saturated heterocycles. The third-order valence-electron chi connectivity index (χ3n) is 2.83. The number of benzene rings is 1. The van der Waals surface area contributed by atoms with E-state index in [0.29, 0.717) is 17.9 Å². The Balaban J connectivity index is 1.85. The summed E-state index contributed by atoms with van der Waals surface area (Å²) < 4.78 is 15.6. The number of esters is 1. The molecule has 0 spiro atoms. The molecule has 5 heteroatoms. The van der Waals surface area contributed by atoms with Crippen LogP contribution in [-0.4, -0.2) is 18.3 Å². The van der Waals surface area contributed by atoms with Crippen LogP contribution >= 0.6 is 11.6 Å². The summed E-state index contributed by atoms with van der Waals surface area (Å²) in [5, 5.41) is 0.